The average molecular weight is 272 g/mol. The van der Waals surface area contributed by atoms with Crippen molar-refractivity contribution in [2.24, 2.45) is 0 Å². The molecule has 0 fully saturated rings. The van der Waals surface area contributed by atoms with Crippen molar-refractivity contribution in [2.45, 2.75) is 59.3 Å². The minimum Gasteiger partial charge on any atom is -0.499 e. The second-order valence-electron chi connectivity index (χ2n) is 4.68. The number of hydrogen-bond donors (Lipinski definition) is 0. The van der Waals surface area contributed by atoms with Gasteiger partial charge < -0.3 is 14.2 Å². The summed E-state index contributed by atoms with van der Waals surface area (Å²) in [5.74, 6) is 0. The van der Waals surface area contributed by atoms with Crippen molar-refractivity contribution in [3.63, 3.8) is 0 Å². The average Bonchev–Trinajstić information content (AvgIpc) is 2.44. The van der Waals surface area contributed by atoms with Crippen LogP contribution in [0.1, 0.15) is 59.3 Å². The van der Waals surface area contributed by atoms with Crippen LogP contribution >= 0.6 is 0 Å². The highest BCUT2D eigenvalue weighted by atomic mass is 16.5. The van der Waals surface area contributed by atoms with Gasteiger partial charge in [0.05, 0.1) is 26.1 Å². The third-order valence-electron chi connectivity index (χ3n) is 2.92. The molecule has 0 amide bonds. The maximum Gasteiger partial charge on any atom is 0.111 e. The molecule has 0 heterocycles. The molecule has 3 heteroatoms. The minimum absolute atomic E-state index is 0.630. The Morgan fingerprint density at radius 2 is 1.42 bits per heavy atom. The first-order valence-electron chi connectivity index (χ1n) is 7.80. The maximum atomic E-state index is 5.50. The third-order valence-corrected chi connectivity index (χ3v) is 2.92. The topological polar surface area (TPSA) is 27.7 Å². The van der Waals surface area contributed by atoms with Crippen molar-refractivity contribution in [1.82, 2.24) is 0 Å². The molecule has 0 aliphatic rings. The Hall–Kier alpha value is -0.540. The number of allylic oxidation sites excluding steroid dienone is 1. The molecule has 0 rings (SSSR count). The van der Waals surface area contributed by atoms with Crippen LogP contribution in [-0.4, -0.2) is 33.0 Å². The summed E-state index contributed by atoms with van der Waals surface area (Å²) in [6.45, 7) is 10.0. The normalized spacial score (nSPS) is 11.8. The van der Waals surface area contributed by atoms with Gasteiger partial charge in [-0.15, -0.1) is 0 Å². The lowest BCUT2D eigenvalue weighted by Crippen LogP contribution is -2.08. The Balaban J connectivity index is 3.30. The lowest BCUT2D eigenvalue weighted by molar-refractivity contribution is 0.0296. The fraction of sp³-hybridized carbons (Fsp3) is 0.875. The molecule has 0 atom stereocenters. The predicted molar refractivity (Wildman–Crippen MR) is 80.4 cm³/mol. The van der Waals surface area contributed by atoms with E-state index in [4.69, 9.17) is 14.2 Å². The van der Waals surface area contributed by atoms with E-state index in [2.05, 4.69) is 20.8 Å². The van der Waals surface area contributed by atoms with Crippen molar-refractivity contribution in [1.29, 1.82) is 0 Å². The Morgan fingerprint density at radius 1 is 0.789 bits per heavy atom. The van der Waals surface area contributed by atoms with Crippen LogP contribution in [0, 0.1) is 0 Å². The van der Waals surface area contributed by atoms with Crippen LogP contribution in [0.2, 0.25) is 0 Å². The van der Waals surface area contributed by atoms with Crippen LogP contribution in [0.3, 0.4) is 0 Å². The molecule has 3 nitrogen and oxygen atoms in total. The van der Waals surface area contributed by atoms with Crippen molar-refractivity contribution in [3.8, 4) is 0 Å². The number of hydrogen-bond acceptors (Lipinski definition) is 3. The fourth-order valence-electron chi connectivity index (χ4n) is 1.58. The predicted octanol–water partition coefficient (Wildman–Crippen LogP) is 4.32. The van der Waals surface area contributed by atoms with E-state index in [1.807, 2.05) is 6.26 Å². The SMILES string of the molecule is CCCCOCCOCCO/C=C(\CC)CCCC. The Bertz CT molecular complexity index is 202. The van der Waals surface area contributed by atoms with Crippen molar-refractivity contribution in [3.05, 3.63) is 11.8 Å². The van der Waals surface area contributed by atoms with E-state index in [1.54, 1.807) is 0 Å². The first-order valence-corrected chi connectivity index (χ1v) is 7.80. The van der Waals surface area contributed by atoms with Crippen molar-refractivity contribution < 1.29 is 14.2 Å². The highest BCUT2D eigenvalue weighted by molar-refractivity contribution is 4.96. The third kappa shape index (κ3) is 13.7. The molecule has 0 aromatic carbocycles. The molecule has 114 valence electrons. The van der Waals surface area contributed by atoms with Crippen LogP contribution in [-0.2, 0) is 14.2 Å². The van der Waals surface area contributed by atoms with Crippen LogP contribution in [0.5, 0.6) is 0 Å². The Labute approximate surface area is 119 Å². The van der Waals surface area contributed by atoms with Gasteiger partial charge in [0, 0.05) is 6.61 Å². The smallest absolute Gasteiger partial charge is 0.111 e. The lowest BCUT2D eigenvalue weighted by atomic mass is 10.1. The maximum absolute atomic E-state index is 5.50. The Kier molecular flexibility index (Phi) is 15.1. The monoisotopic (exact) mass is 272 g/mol. The lowest BCUT2D eigenvalue weighted by Gasteiger charge is -2.07. The molecular formula is C16H32O3. The van der Waals surface area contributed by atoms with Gasteiger partial charge in [-0.05, 0) is 31.3 Å². The quantitative estimate of drug-likeness (QED) is 0.348. The van der Waals surface area contributed by atoms with Crippen LogP contribution in [0.15, 0.2) is 11.8 Å². The van der Waals surface area contributed by atoms with Gasteiger partial charge in [-0.3, -0.25) is 0 Å². The summed E-state index contributed by atoms with van der Waals surface area (Å²) in [5, 5.41) is 0. The van der Waals surface area contributed by atoms with Crippen LogP contribution in [0.4, 0.5) is 0 Å². The van der Waals surface area contributed by atoms with E-state index in [0.717, 1.165) is 25.9 Å². The summed E-state index contributed by atoms with van der Waals surface area (Å²) in [6.07, 6.45) is 8.93. The van der Waals surface area contributed by atoms with E-state index >= 15 is 0 Å². The summed E-state index contributed by atoms with van der Waals surface area (Å²) in [5.41, 5.74) is 1.39. The van der Waals surface area contributed by atoms with Gasteiger partial charge in [-0.1, -0.05) is 33.6 Å². The molecule has 0 unspecified atom stereocenters. The molecular weight excluding hydrogens is 240 g/mol. The van der Waals surface area contributed by atoms with Crippen molar-refractivity contribution in [2.75, 3.05) is 33.0 Å². The second-order valence-corrected chi connectivity index (χ2v) is 4.68. The molecule has 0 bridgehead atoms. The minimum atomic E-state index is 0.630. The second kappa shape index (κ2) is 15.5. The molecule has 19 heavy (non-hydrogen) atoms. The van der Waals surface area contributed by atoms with E-state index < -0.39 is 0 Å². The van der Waals surface area contributed by atoms with Gasteiger partial charge in [-0.2, -0.15) is 0 Å². The van der Waals surface area contributed by atoms with Gasteiger partial charge in [0.25, 0.3) is 0 Å². The summed E-state index contributed by atoms with van der Waals surface area (Å²) in [4.78, 5) is 0. The zero-order valence-electron chi connectivity index (χ0n) is 13.1. The number of rotatable bonds is 14. The fourth-order valence-corrected chi connectivity index (χ4v) is 1.58. The van der Waals surface area contributed by atoms with Gasteiger partial charge in [0.1, 0.15) is 6.61 Å². The summed E-state index contributed by atoms with van der Waals surface area (Å²) in [6, 6.07) is 0. The van der Waals surface area contributed by atoms with E-state index in [-0.39, 0.29) is 0 Å². The molecule has 0 radical (unpaired) electrons. The summed E-state index contributed by atoms with van der Waals surface area (Å²) < 4.78 is 16.3. The summed E-state index contributed by atoms with van der Waals surface area (Å²) >= 11 is 0. The molecule has 0 aliphatic carbocycles. The van der Waals surface area contributed by atoms with Gasteiger partial charge in [0.2, 0.25) is 0 Å². The van der Waals surface area contributed by atoms with E-state index in [0.29, 0.717) is 26.4 Å². The molecule has 0 saturated carbocycles. The molecule has 0 aromatic rings. The number of ether oxygens (including phenoxy) is 3. The Morgan fingerprint density at radius 3 is 2.05 bits per heavy atom. The molecule has 0 aromatic heterocycles. The first kappa shape index (κ1) is 18.5. The number of unbranched alkanes of at least 4 members (excludes halogenated alkanes) is 2. The van der Waals surface area contributed by atoms with Crippen molar-refractivity contribution >= 4 is 0 Å². The van der Waals surface area contributed by atoms with Gasteiger partial charge in [0.15, 0.2) is 0 Å². The molecule has 0 spiro atoms. The van der Waals surface area contributed by atoms with Crippen LogP contribution < -0.4 is 0 Å². The highest BCUT2D eigenvalue weighted by Gasteiger charge is 1.95. The molecule has 0 aliphatic heterocycles. The molecule has 0 N–H and O–H groups in total. The molecule has 0 saturated heterocycles. The first-order chi connectivity index (χ1) is 9.35. The van der Waals surface area contributed by atoms with Gasteiger partial charge in [-0.25, -0.2) is 0 Å². The largest absolute Gasteiger partial charge is 0.499 e. The van der Waals surface area contributed by atoms with Crippen LogP contribution in [0.25, 0.3) is 0 Å². The van der Waals surface area contributed by atoms with E-state index in [1.165, 1.54) is 24.8 Å². The van der Waals surface area contributed by atoms with E-state index in [9.17, 15) is 0 Å². The van der Waals surface area contributed by atoms with Gasteiger partial charge >= 0.3 is 0 Å². The summed E-state index contributed by atoms with van der Waals surface area (Å²) in [7, 11) is 0. The standard InChI is InChI=1S/C16H32O3/c1-4-7-9-16(6-3)15-19-14-13-18-12-11-17-10-8-5-2/h15H,4-14H2,1-3H3/b16-15+. The highest BCUT2D eigenvalue weighted by Crippen LogP contribution is 2.10. The zero-order chi connectivity index (χ0) is 14.2. The zero-order valence-corrected chi connectivity index (χ0v) is 13.1.